The number of rotatable bonds is 5. The maximum Gasteiger partial charge on any atom is 0.512 e. The molecule has 0 radical (unpaired) electrons. The van der Waals surface area contributed by atoms with Crippen molar-refractivity contribution in [2.24, 2.45) is 0 Å². The minimum absolute atomic E-state index is 0.207. The highest BCUT2D eigenvalue weighted by molar-refractivity contribution is 8.03. The zero-order chi connectivity index (χ0) is 19.0. The molecule has 142 valence electrons. The molecule has 0 unspecified atom stereocenters. The third-order valence-corrected chi connectivity index (χ3v) is 8.34. The minimum Gasteiger partial charge on any atom is -0.503 e. The lowest BCUT2D eigenvalue weighted by Crippen LogP contribution is -2.42. The van der Waals surface area contributed by atoms with Gasteiger partial charge in [-0.15, -0.1) is 0 Å². The molecular weight excluding hydrogens is 411 g/mol. The maximum atomic E-state index is 12.2. The normalized spacial score (nSPS) is 16.9. The summed E-state index contributed by atoms with van der Waals surface area (Å²) in [6, 6.07) is 1.56. The molecule has 1 aromatic carbocycles. The zero-order valence-electron chi connectivity index (χ0n) is 12.3. The number of sulfonamides is 1. The Morgan fingerprint density at radius 3 is 1.96 bits per heavy atom. The second-order valence-corrected chi connectivity index (χ2v) is 10.4. The first kappa shape index (κ1) is 19.9. The number of nitrogens with one attached hydrogen (secondary N) is 1. The molecule has 8 nitrogen and oxygen atoms in total. The van der Waals surface area contributed by atoms with Crippen LogP contribution in [0.25, 0.3) is 0 Å². The molecule has 14 heteroatoms. The molecule has 1 fully saturated rings. The summed E-state index contributed by atoms with van der Waals surface area (Å²) in [7, 11) is -12.1. The van der Waals surface area contributed by atoms with Crippen LogP contribution >= 0.6 is 0 Å². The van der Waals surface area contributed by atoms with Gasteiger partial charge < -0.3 is 14.4 Å². The van der Waals surface area contributed by atoms with Crippen LogP contribution in [-0.2, 0) is 31.2 Å². The fraction of sp³-hybridized carbons (Fsp3) is 0.455. The van der Waals surface area contributed by atoms with E-state index >= 15 is 0 Å². The van der Waals surface area contributed by atoms with Crippen LogP contribution < -0.4 is 8.31 Å². The van der Waals surface area contributed by atoms with E-state index in [9.17, 15) is 40.2 Å². The standard InChI is InChI=1S/C11H12F3NO7S3/c12-11(13,14)24(18,19)15-25(20,21)22-7-5-8(16)10(9(17)6-7)23-3-1-2-4-23/h5-6,15H,1-4H2,(H-,16,17)/p+1. The summed E-state index contributed by atoms with van der Waals surface area (Å²) in [5.41, 5.74) is -5.86. The molecule has 0 saturated carbocycles. The molecule has 0 amide bonds. The van der Waals surface area contributed by atoms with E-state index in [-0.39, 0.29) is 4.90 Å². The van der Waals surface area contributed by atoms with Gasteiger partial charge in [0.2, 0.25) is 4.90 Å². The topological polar surface area (TPSA) is 130 Å². The quantitative estimate of drug-likeness (QED) is 0.600. The molecule has 1 aliphatic rings. The highest BCUT2D eigenvalue weighted by atomic mass is 32.3. The van der Waals surface area contributed by atoms with Crippen LogP contribution in [0.3, 0.4) is 0 Å². The Labute approximate surface area is 144 Å². The van der Waals surface area contributed by atoms with Crippen LogP contribution in [0.5, 0.6) is 17.2 Å². The molecule has 1 heterocycles. The predicted molar refractivity (Wildman–Crippen MR) is 82.0 cm³/mol. The van der Waals surface area contributed by atoms with Gasteiger partial charge in [0.1, 0.15) is 11.5 Å². The van der Waals surface area contributed by atoms with Crippen LogP contribution in [-0.4, -0.2) is 44.1 Å². The van der Waals surface area contributed by atoms with Gasteiger partial charge in [-0.25, -0.2) is 8.42 Å². The number of phenols is 2. The molecule has 0 bridgehead atoms. The van der Waals surface area contributed by atoms with Gasteiger partial charge in [0.05, 0.1) is 0 Å². The molecule has 2 rings (SSSR count). The van der Waals surface area contributed by atoms with Gasteiger partial charge in [-0.05, 0) is 12.8 Å². The van der Waals surface area contributed by atoms with Gasteiger partial charge in [0, 0.05) is 23.0 Å². The lowest BCUT2D eigenvalue weighted by molar-refractivity contribution is -0.0442. The second kappa shape index (κ2) is 6.74. The molecular formula is C11H13F3NO7S3+. The number of hydrogen-bond acceptors (Lipinski definition) is 7. The number of benzene rings is 1. The molecule has 25 heavy (non-hydrogen) atoms. The summed E-state index contributed by atoms with van der Waals surface area (Å²) in [5.74, 6) is -0.273. The molecule has 0 atom stereocenters. The first-order valence-corrected chi connectivity index (χ1v) is 11.1. The van der Waals surface area contributed by atoms with E-state index in [0.29, 0.717) is 4.13 Å². The third-order valence-electron chi connectivity index (χ3n) is 3.07. The summed E-state index contributed by atoms with van der Waals surface area (Å²) >= 11 is 0. The van der Waals surface area contributed by atoms with Gasteiger partial charge in [0.25, 0.3) is 0 Å². The second-order valence-electron chi connectivity index (χ2n) is 4.97. The molecule has 1 saturated heterocycles. The fourth-order valence-corrected chi connectivity index (χ4v) is 6.47. The highest BCUT2D eigenvalue weighted by Crippen LogP contribution is 2.40. The Kier molecular flexibility index (Phi) is 5.37. The molecule has 0 aromatic heterocycles. The van der Waals surface area contributed by atoms with Crippen LogP contribution in [0, 0.1) is 0 Å². The summed E-state index contributed by atoms with van der Waals surface area (Å²) in [4.78, 5) is 0.207. The smallest absolute Gasteiger partial charge is 0.503 e. The van der Waals surface area contributed by atoms with E-state index in [2.05, 4.69) is 4.18 Å². The van der Waals surface area contributed by atoms with Crippen molar-refractivity contribution >= 4 is 31.2 Å². The van der Waals surface area contributed by atoms with Crippen molar-refractivity contribution in [2.75, 3.05) is 11.5 Å². The molecule has 0 spiro atoms. The summed E-state index contributed by atoms with van der Waals surface area (Å²) in [6.07, 6.45) is 1.79. The van der Waals surface area contributed by atoms with Crippen molar-refractivity contribution in [3.63, 3.8) is 0 Å². The van der Waals surface area contributed by atoms with Gasteiger partial charge in [0.15, 0.2) is 17.2 Å². The number of halogens is 3. The van der Waals surface area contributed by atoms with Crippen LogP contribution in [0.15, 0.2) is 17.0 Å². The van der Waals surface area contributed by atoms with Crippen LogP contribution in [0.1, 0.15) is 12.8 Å². The molecule has 1 aliphatic heterocycles. The van der Waals surface area contributed by atoms with E-state index < -0.39 is 54.0 Å². The maximum absolute atomic E-state index is 12.2. The lowest BCUT2D eigenvalue weighted by atomic mass is 10.3. The van der Waals surface area contributed by atoms with Crippen molar-refractivity contribution in [2.45, 2.75) is 23.2 Å². The van der Waals surface area contributed by atoms with Crippen molar-refractivity contribution in [3.8, 4) is 17.2 Å². The summed E-state index contributed by atoms with van der Waals surface area (Å²) < 4.78 is 85.7. The van der Waals surface area contributed by atoms with E-state index in [1.165, 1.54) is 0 Å². The number of aromatic hydroxyl groups is 2. The van der Waals surface area contributed by atoms with Crippen LogP contribution in [0.4, 0.5) is 13.2 Å². The largest absolute Gasteiger partial charge is 0.512 e. The monoisotopic (exact) mass is 424 g/mol. The summed E-state index contributed by atoms with van der Waals surface area (Å²) in [6.45, 7) is 0. The number of phenolic OH excluding ortho intramolecular Hbond substituents is 2. The van der Waals surface area contributed by atoms with Crippen molar-refractivity contribution < 1.29 is 44.4 Å². The fourth-order valence-electron chi connectivity index (χ4n) is 2.10. The Morgan fingerprint density at radius 2 is 1.52 bits per heavy atom. The minimum atomic E-state index is -6.20. The van der Waals surface area contributed by atoms with Gasteiger partial charge in [-0.3, -0.25) is 0 Å². The predicted octanol–water partition coefficient (Wildman–Crippen LogP) is 0.932. The van der Waals surface area contributed by atoms with Crippen LogP contribution in [0.2, 0.25) is 0 Å². The van der Waals surface area contributed by atoms with E-state index in [0.717, 1.165) is 36.5 Å². The van der Waals surface area contributed by atoms with Gasteiger partial charge >= 0.3 is 25.8 Å². The number of alkyl halides is 3. The Hall–Kier alpha value is -1.38. The van der Waals surface area contributed by atoms with E-state index in [1.54, 1.807) is 0 Å². The zero-order valence-corrected chi connectivity index (χ0v) is 14.7. The molecule has 1 aromatic rings. The molecule has 3 N–H and O–H groups in total. The Balaban J connectivity index is 2.25. The van der Waals surface area contributed by atoms with Crippen molar-refractivity contribution in [3.05, 3.63) is 12.1 Å². The third kappa shape index (κ3) is 4.62. The first-order chi connectivity index (χ1) is 11.3. The van der Waals surface area contributed by atoms with Gasteiger partial charge in [-0.1, -0.05) is 4.13 Å². The van der Waals surface area contributed by atoms with E-state index in [4.69, 9.17) is 0 Å². The number of hydrogen-bond donors (Lipinski definition) is 3. The van der Waals surface area contributed by atoms with Gasteiger partial charge in [-0.2, -0.15) is 21.6 Å². The SMILES string of the molecule is O=S(=O)(NS(=O)(=O)C(F)(F)F)Oc1cc(O)c([S+]2CCCC2)c(O)c1. The Bertz CT molecular complexity index is 838. The average Bonchev–Trinajstić information content (AvgIpc) is 2.87. The van der Waals surface area contributed by atoms with Crippen molar-refractivity contribution in [1.82, 2.24) is 4.13 Å². The average molecular weight is 424 g/mol. The lowest BCUT2D eigenvalue weighted by Gasteiger charge is -2.12. The highest BCUT2D eigenvalue weighted by Gasteiger charge is 2.49. The summed E-state index contributed by atoms with van der Waals surface area (Å²) in [5, 5.41) is 19.9. The first-order valence-electron chi connectivity index (χ1n) is 6.60. The van der Waals surface area contributed by atoms with E-state index in [1.807, 2.05) is 0 Å². The van der Waals surface area contributed by atoms with Crippen molar-refractivity contribution in [1.29, 1.82) is 0 Å². The molecule has 0 aliphatic carbocycles. The Morgan fingerprint density at radius 1 is 1.04 bits per heavy atom.